The lowest BCUT2D eigenvalue weighted by molar-refractivity contribution is 0.366. The van der Waals surface area contributed by atoms with Crippen molar-refractivity contribution in [2.75, 3.05) is 19.0 Å². The zero-order chi connectivity index (χ0) is 15.3. The van der Waals surface area contributed by atoms with Gasteiger partial charge in [0, 0.05) is 31.0 Å². The number of allylic oxidation sites excluding steroid dienone is 2. The molecule has 1 saturated carbocycles. The maximum atomic E-state index is 2.46. The largest absolute Gasteiger partial charge is 0.378 e. The van der Waals surface area contributed by atoms with Gasteiger partial charge in [0.2, 0.25) is 0 Å². The van der Waals surface area contributed by atoms with E-state index in [1.165, 1.54) is 11.3 Å². The summed E-state index contributed by atoms with van der Waals surface area (Å²) in [6, 6.07) is 9.13. The summed E-state index contributed by atoms with van der Waals surface area (Å²) in [5.41, 5.74) is 4.34. The molecule has 21 heavy (non-hydrogen) atoms. The van der Waals surface area contributed by atoms with Gasteiger partial charge in [-0.2, -0.15) is 0 Å². The van der Waals surface area contributed by atoms with Crippen LogP contribution in [0.3, 0.4) is 0 Å². The van der Waals surface area contributed by atoms with Crippen molar-refractivity contribution in [1.82, 2.24) is 0 Å². The molecule has 1 aromatic rings. The smallest absolute Gasteiger partial charge is 0.0361 e. The number of hydrogen-bond donors (Lipinski definition) is 0. The Labute approximate surface area is 133 Å². The summed E-state index contributed by atoms with van der Waals surface area (Å²) >= 11 is 2.13. The highest BCUT2D eigenvalue weighted by atomic mass is 32.2. The Bertz CT molecular complexity index is 557. The molecular formula is C19H27NS. The molecule has 2 heteroatoms. The van der Waals surface area contributed by atoms with Crippen LogP contribution >= 0.6 is 11.8 Å². The van der Waals surface area contributed by atoms with E-state index in [2.05, 4.69) is 82.7 Å². The van der Waals surface area contributed by atoms with Crippen molar-refractivity contribution in [1.29, 1.82) is 0 Å². The molecule has 5 unspecified atom stereocenters. The van der Waals surface area contributed by atoms with Crippen molar-refractivity contribution in [3.8, 4) is 0 Å². The van der Waals surface area contributed by atoms with Crippen molar-refractivity contribution in [3.63, 3.8) is 0 Å². The van der Waals surface area contributed by atoms with Crippen molar-refractivity contribution >= 4 is 23.0 Å². The maximum Gasteiger partial charge on any atom is 0.0361 e. The predicted octanol–water partition coefficient (Wildman–Crippen LogP) is 5.14. The third-order valence-corrected chi connectivity index (χ3v) is 7.39. The molecule has 0 N–H and O–H groups in total. The summed E-state index contributed by atoms with van der Waals surface area (Å²) in [6.45, 7) is 9.67. The zero-order valence-corrected chi connectivity index (χ0v) is 14.9. The van der Waals surface area contributed by atoms with Crippen LogP contribution in [-0.4, -0.2) is 19.3 Å². The molecule has 2 aliphatic rings. The average Bonchev–Trinajstić information content (AvgIpc) is 2.90. The number of fused-ring (bicyclic) bond motifs is 1. The van der Waals surface area contributed by atoms with Crippen LogP contribution in [0.25, 0.3) is 5.57 Å². The standard InChI is InChI=1S/C19H27NS/c1-11-12(2)17-18(14(4)21-19(17)13(11)3)15-7-9-16(10-8-15)20(5)6/h7-13,17,19H,1-6H3. The van der Waals surface area contributed by atoms with E-state index in [1.807, 2.05) is 0 Å². The van der Waals surface area contributed by atoms with Crippen molar-refractivity contribution in [2.45, 2.75) is 32.9 Å². The Hall–Kier alpha value is -0.890. The topological polar surface area (TPSA) is 3.24 Å². The molecular weight excluding hydrogens is 274 g/mol. The van der Waals surface area contributed by atoms with Crippen LogP contribution in [0.15, 0.2) is 29.2 Å². The molecule has 5 atom stereocenters. The van der Waals surface area contributed by atoms with Gasteiger partial charge >= 0.3 is 0 Å². The maximum absolute atomic E-state index is 2.46. The molecule has 3 rings (SSSR count). The molecule has 0 spiro atoms. The minimum absolute atomic E-state index is 0.741. The number of thioether (sulfide) groups is 1. The second kappa shape index (κ2) is 5.39. The van der Waals surface area contributed by atoms with Gasteiger partial charge in [-0.05, 0) is 52.9 Å². The van der Waals surface area contributed by atoms with E-state index in [4.69, 9.17) is 0 Å². The lowest BCUT2D eigenvalue weighted by atomic mass is 9.83. The number of anilines is 1. The van der Waals surface area contributed by atoms with Crippen LogP contribution in [0, 0.1) is 23.7 Å². The van der Waals surface area contributed by atoms with Crippen LogP contribution < -0.4 is 4.90 Å². The summed E-state index contributed by atoms with van der Waals surface area (Å²) < 4.78 is 0. The van der Waals surface area contributed by atoms with Gasteiger partial charge in [-0.3, -0.25) is 0 Å². The first-order chi connectivity index (χ1) is 9.91. The molecule has 0 aromatic heterocycles. The molecule has 1 fully saturated rings. The SMILES string of the molecule is CC1=C(c2ccc(N(C)C)cc2)C2C(C)C(C)C(C)C2S1. The Morgan fingerprint density at radius 2 is 1.52 bits per heavy atom. The number of nitrogens with zero attached hydrogens (tertiary/aromatic N) is 1. The van der Waals surface area contributed by atoms with Gasteiger partial charge in [-0.25, -0.2) is 0 Å². The quantitative estimate of drug-likeness (QED) is 0.744. The van der Waals surface area contributed by atoms with Gasteiger partial charge in [0.05, 0.1) is 0 Å². The van der Waals surface area contributed by atoms with Gasteiger partial charge in [0.1, 0.15) is 0 Å². The van der Waals surface area contributed by atoms with Crippen LogP contribution in [0.4, 0.5) is 5.69 Å². The zero-order valence-electron chi connectivity index (χ0n) is 14.1. The van der Waals surface area contributed by atoms with Crippen LogP contribution in [0.2, 0.25) is 0 Å². The minimum Gasteiger partial charge on any atom is -0.378 e. The van der Waals surface area contributed by atoms with Crippen molar-refractivity contribution in [2.24, 2.45) is 23.7 Å². The summed E-state index contributed by atoms with van der Waals surface area (Å²) in [6.07, 6.45) is 0. The van der Waals surface area contributed by atoms with Crippen molar-refractivity contribution in [3.05, 3.63) is 34.7 Å². The molecule has 0 saturated heterocycles. The Balaban J connectivity index is 1.96. The lowest BCUT2D eigenvalue weighted by Crippen LogP contribution is -2.15. The molecule has 114 valence electrons. The highest BCUT2D eigenvalue weighted by molar-refractivity contribution is 8.04. The summed E-state index contributed by atoms with van der Waals surface area (Å²) in [5, 5.41) is 0.790. The number of hydrogen-bond acceptors (Lipinski definition) is 2. The highest BCUT2D eigenvalue weighted by Gasteiger charge is 2.49. The molecule has 1 nitrogen and oxygen atoms in total. The Kier molecular flexibility index (Phi) is 3.85. The number of benzene rings is 1. The van der Waals surface area contributed by atoms with Gasteiger partial charge < -0.3 is 4.90 Å². The van der Waals surface area contributed by atoms with E-state index in [0.717, 1.165) is 28.9 Å². The Morgan fingerprint density at radius 3 is 2.10 bits per heavy atom. The van der Waals surface area contributed by atoms with Crippen LogP contribution in [0.1, 0.15) is 33.3 Å². The molecule has 1 aliphatic heterocycles. The van der Waals surface area contributed by atoms with Gasteiger partial charge in [-0.15, -0.1) is 11.8 Å². The van der Waals surface area contributed by atoms with Crippen LogP contribution in [0.5, 0.6) is 0 Å². The van der Waals surface area contributed by atoms with E-state index in [-0.39, 0.29) is 0 Å². The third-order valence-electron chi connectivity index (χ3n) is 5.82. The normalized spacial score (nSPS) is 35.2. The van der Waals surface area contributed by atoms with Gasteiger partial charge in [0.15, 0.2) is 0 Å². The molecule has 0 radical (unpaired) electrons. The fraction of sp³-hybridized carbons (Fsp3) is 0.579. The predicted molar refractivity (Wildman–Crippen MR) is 95.7 cm³/mol. The second-order valence-corrected chi connectivity index (χ2v) is 8.49. The van der Waals surface area contributed by atoms with E-state index < -0.39 is 0 Å². The summed E-state index contributed by atoms with van der Waals surface area (Å²) in [5.74, 6) is 3.18. The van der Waals surface area contributed by atoms with E-state index in [1.54, 1.807) is 10.5 Å². The first-order valence-corrected chi connectivity index (χ1v) is 8.95. The first-order valence-electron chi connectivity index (χ1n) is 8.07. The van der Waals surface area contributed by atoms with E-state index in [0.29, 0.717) is 0 Å². The molecule has 1 aliphatic carbocycles. The van der Waals surface area contributed by atoms with Crippen LogP contribution in [-0.2, 0) is 0 Å². The minimum atomic E-state index is 0.741. The monoisotopic (exact) mass is 301 g/mol. The van der Waals surface area contributed by atoms with Gasteiger partial charge in [0.25, 0.3) is 0 Å². The van der Waals surface area contributed by atoms with E-state index >= 15 is 0 Å². The summed E-state index contributed by atoms with van der Waals surface area (Å²) in [4.78, 5) is 3.72. The fourth-order valence-corrected chi connectivity index (χ4v) is 5.96. The fourth-order valence-electron chi connectivity index (χ4n) is 4.18. The molecule has 0 bridgehead atoms. The van der Waals surface area contributed by atoms with E-state index in [9.17, 15) is 0 Å². The van der Waals surface area contributed by atoms with Crippen molar-refractivity contribution < 1.29 is 0 Å². The third kappa shape index (κ3) is 2.32. The highest BCUT2D eigenvalue weighted by Crippen LogP contribution is 2.59. The summed E-state index contributed by atoms with van der Waals surface area (Å²) in [7, 11) is 4.20. The Morgan fingerprint density at radius 1 is 0.905 bits per heavy atom. The molecule has 1 heterocycles. The van der Waals surface area contributed by atoms with Gasteiger partial charge in [-0.1, -0.05) is 32.9 Å². The number of rotatable bonds is 2. The molecule has 1 aromatic carbocycles. The first kappa shape index (κ1) is 15.0. The second-order valence-electron chi connectivity index (χ2n) is 7.10. The lowest BCUT2D eigenvalue weighted by Gasteiger charge is -2.21. The molecule has 0 amide bonds. The average molecular weight is 301 g/mol.